The van der Waals surface area contributed by atoms with Crippen LogP contribution in [0.3, 0.4) is 0 Å². The lowest BCUT2D eigenvalue weighted by molar-refractivity contribution is -0.127. The highest BCUT2D eigenvalue weighted by atomic mass is 16.1. The second kappa shape index (κ2) is 5.74. The fourth-order valence-electron chi connectivity index (χ4n) is 2.61. The van der Waals surface area contributed by atoms with E-state index in [9.17, 15) is 4.79 Å². The van der Waals surface area contributed by atoms with Gasteiger partial charge in [0, 0.05) is 5.92 Å². The molecule has 3 nitrogen and oxygen atoms in total. The van der Waals surface area contributed by atoms with Crippen LogP contribution in [0.1, 0.15) is 36.6 Å². The molecule has 2 rings (SSSR count). The van der Waals surface area contributed by atoms with E-state index in [0.29, 0.717) is 5.92 Å². The fourth-order valence-corrected chi connectivity index (χ4v) is 2.61. The highest BCUT2D eigenvalue weighted by Crippen LogP contribution is 2.21. The van der Waals surface area contributed by atoms with Crippen LogP contribution in [0.15, 0.2) is 18.2 Å². The molecule has 0 radical (unpaired) electrons. The monoisotopic (exact) mass is 260 g/mol. The van der Waals surface area contributed by atoms with E-state index in [0.717, 1.165) is 13.1 Å². The molecule has 1 aliphatic rings. The zero-order chi connectivity index (χ0) is 14.0. The van der Waals surface area contributed by atoms with Gasteiger partial charge in [-0.25, -0.2) is 0 Å². The number of hydrogen-bond donors (Lipinski definition) is 2. The third-order valence-corrected chi connectivity index (χ3v) is 4.18. The maximum absolute atomic E-state index is 12.2. The number of aryl methyl sites for hydroxylation is 2. The molecule has 1 saturated heterocycles. The van der Waals surface area contributed by atoms with Crippen molar-refractivity contribution in [1.82, 2.24) is 10.6 Å². The van der Waals surface area contributed by atoms with Gasteiger partial charge in [0.2, 0.25) is 5.91 Å². The van der Waals surface area contributed by atoms with Gasteiger partial charge in [0.15, 0.2) is 0 Å². The second-order valence-corrected chi connectivity index (χ2v) is 5.80. The topological polar surface area (TPSA) is 41.1 Å². The summed E-state index contributed by atoms with van der Waals surface area (Å²) in [6.07, 6.45) is 0. The summed E-state index contributed by atoms with van der Waals surface area (Å²) in [7, 11) is 0. The molecule has 1 aliphatic heterocycles. The van der Waals surface area contributed by atoms with Crippen LogP contribution in [0, 0.1) is 25.7 Å². The summed E-state index contributed by atoms with van der Waals surface area (Å²) in [6.45, 7) is 10.2. The predicted molar refractivity (Wildman–Crippen MR) is 78.0 cm³/mol. The Bertz CT molecular complexity index is 466. The van der Waals surface area contributed by atoms with E-state index in [1.165, 1.54) is 16.7 Å². The van der Waals surface area contributed by atoms with Gasteiger partial charge in [0.1, 0.15) is 0 Å². The van der Waals surface area contributed by atoms with Crippen molar-refractivity contribution in [2.75, 3.05) is 13.1 Å². The first-order chi connectivity index (χ1) is 8.99. The number of carbonyl (C=O) groups is 1. The van der Waals surface area contributed by atoms with E-state index in [-0.39, 0.29) is 17.9 Å². The molecule has 0 bridgehead atoms. The lowest BCUT2D eigenvalue weighted by atomic mass is 9.88. The molecule has 0 aliphatic carbocycles. The summed E-state index contributed by atoms with van der Waals surface area (Å²) in [4.78, 5) is 12.2. The first-order valence-corrected chi connectivity index (χ1v) is 7.07. The second-order valence-electron chi connectivity index (χ2n) is 5.80. The Morgan fingerprint density at radius 2 is 2.00 bits per heavy atom. The first-order valence-electron chi connectivity index (χ1n) is 7.07. The van der Waals surface area contributed by atoms with Crippen molar-refractivity contribution in [3.05, 3.63) is 34.9 Å². The molecule has 1 heterocycles. The standard InChI is InChI=1S/C16H24N2O/c1-10-5-6-15(11(2)7-10)13(4)18-16(19)12(3)14-8-17-9-14/h5-7,12-14,17H,8-9H2,1-4H3,(H,18,19). The number of benzene rings is 1. The van der Waals surface area contributed by atoms with E-state index in [1.807, 2.05) is 6.92 Å². The summed E-state index contributed by atoms with van der Waals surface area (Å²) in [5.74, 6) is 0.750. The zero-order valence-corrected chi connectivity index (χ0v) is 12.3. The first kappa shape index (κ1) is 14.1. The molecule has 1 aromatic carbocycles. The van der Waals surface area contributed by atoms with Crippen molar-refractivity contribution >= 4 is 5.91 Å². The van der Waals surface area contributed by atoms with Gasteiger partial charge >= 0.3 is 0 Å². The van der Waals surface area contributed by atoms with Gasteiger partial charge in [-0.2, -0.15) is 0 Å². The largest absolute Gasteiger partial charge is 0.349 e. The van der Waals surface area contributed by atoms with Gasteiger partial charge < -0.3 is 10.6 Å². The quantitative estimate of drug-likeness (QED) is 0.872. The molecule has 1 aromatic rings. The Labute approximate surface area is 115 Å². The summed E-state index contributed by atoms with van der Waals surface area (Å²) in [6, 6.07) is 6.45. The predicted octanol–water partition coefficient (Wildman–Crippen LogP) is 2.34. The fraction of sp³-hybridized carbons (Fsp3) is 0.562. The third kappa shape index (κ3) is 3.16. The molecule has 104 valence electrons. The smallest absolute Gasteiger partial charge is 0.223 e. The van der Waals surface area contributed by atoms with Crippen LogP contribution in [-0.2, 0) is 4.79 Å². The molecule has 0 aromatic heterocycles. The van der Waals surface area contributed by atoms with Crippen molar-refractivity contribution in [2.45, 2.75) is 33.7 Å². The van der Waals surface area contributed by atoms with Crippen LogP contribution in [0.5, 0.6) is 0 Å². The van der Waals surface area contributed by atoms with Crippen LogP contribution in [0.4, 0.5) is 0 Å². The molecule has 1 fully saturated rings. The van der Waals surface area contributed by atoms with Crippen LogP contribution in [0.2, 0.25) is 0 Å². The van der Waals surface area contributed by atoms with Crippen molar-refractivity contribution in [3.8, 4) is 0 Å². The molecule has 2 unspecified atom stereocenters. The number of rotatable bonds is 4. The Morgan fingerprint density at radius 3 is 2.53 bits per heavy atom. The van der Waals surface area contributed by atoms with E-state index in [4.69, 9.17) is 0 Å². The average Bonchev–Trinajstić information content (AvgIpc) is 2.25. The molecular weight excluding hydrogens is 236 g/mol. The molecule has 19 heavy (non-hydrogen) atoms. The maximum Gasteiger partial charge on any atom is 0.223 e. The van der Waals surface area contributed by atoms with Crippen LogP contribution < -0.4 is 10.6 Å². The van der Waals surface area contributed by atoms with Crippen LogP contribution in [0.25, 0.3) is 0 Å². The van der Waals surface area contributed by atoms with Crippen LogP contribution in [-0.4, -0.2) is 19.0 Å². The lowest BCUT2D eigenvalue weighted by Gasteiger charge is -2.32. The molecule has 2 N–H and O–H groups in total. The summed E-state index contributed by atoms with van der Waals surface area (Å²) >= 11 is 0. The minimum Gasteiger partial charge on any atom is -0.349 e. The lowest BCUT2D eigenvalue weighted by Crippen LogP contribution is -2.49. The average molecular weight is 260 g/mol. The summed E-state index contributed by atoms with van der Waals surface area (Å²) in [5, 5.41) is 6.36. The van der Waals surface area contributed by atoms with Gasteiger partial charge in [-0.3, -0.25) is 4.79 Å². The highest BCUT2D eigenvalue weighted by Gasteiger charge is 2.29. The van der Waals surface area contributed by atoms with Crippen molar-refractivity contribution in [2.24, 2.45) is 11.8 Å². The van der Waals surface area contributed by atoms with Crippen molar-refractivity contribution in [1.29, 1.82) is 0 Å². The van der Waals surface area contributed by atoms with Gasteiger partial charge in [-0.05, 0) is 50.9 Å². The molecular formula is C16H24N2O. The van der Waals surface area contributed by atoms with Gasteiger partial charge in [-0.1, -0.05) is 30.7 Å². The van der Waals surface area contributed by atoms with E-state index < -0.39 is 0 Å². The zero-order valence-electron chi connectivity index (χ0n) is 12.3. The van der Waals surface area contributed by atoms with Crippen molar-refractivity contribution < 1.29 is 4.79 Å². The minimum atomic E-state index is 0.0728. The Morgan fingerprint density at radius 1 is 1.32 bits per heavy atom. The summed E-state index contributed by atoms with van der Waals surface area (Å²) < 4.78 is 0. The van der Waals surface area contributed by atoms with Gasteiger partial charge in [0.25, 0.3) is 0 Å². The minimum absolute atomic E-state index is 0.0728. The number of hydrogen-bond acceptors (Lipinski definition) is 2. The normalized spacial score (nSPS) is 18.5. The number of carbonyl (C=O) groups excluding carboxylic acids is 1. The van der Waals surface area contributed by atoms with Gasteiger partial charge in [0.05, 0.1) is 6.04 Å². The van der Waals surface area contributed by atoms with Crippen molar-refractivity contribution in [3.63, 3.8) is 0 Å². The van der Waals surface area contributed by atoms with Gasteiger partial charge in [-0.15, -0.1) is 0 Å². The molecule has 0 spiro atoms. The Kier molecular flexibility index (Phi) is 4.25. The number of amides is 1. The Hall–Kier alpha value is -1.35. The molecule has 2 atom stereocenters. The van der Waals surface area contributed by atoms with Crippen LogP contribution >= 0.6 is 0 Å². The Balaban J connectivity index is 1.99. The SMILES string of the molecule is Cc1ccc(C(C)NC(=O)C(C)C2CNC2)c(C)c1. The number of nitrogens with one attached hydrogen (secondary N) is 2. The third-order valence-electron chi connectivity index (χ3n) is 4.18. The van der Waals surface area contributed by atoms with E-state index in [2.05, 4.69) is 49.6 Å². The molecule has 3 heteroatoms. The van der Waals surface area contributed by atoms with E-state index in [1.54, 1.807) is 0 Å². The van der Waals surface area contributed by atoms with E-state index >= 15 is 0 Å². The molecule has 0 saturated carbocycles. The summed E-state index contributed by atoms with van der Waals surface area (Å²) in [5.41, 5.74) is 3.71. The molecule has 1 amide bonds. The maximum atomic E-state index is 12.2. The highest BCUT2D eigenvalue weighted by molar-refractivity contribution is 5.79.